The van der Waals surface area contributed by atoms with Crippen molar-refractivity contribution in [1.29, 1.82) is 0 Å². The van der Waals surface area contributed by atoms with Gasteiger partial charge in [0.2, 0.25) is 10.9 Å². The van der Waals surface area contributed by atoms with Crippen molar-refractivity contribution >= 4 is 33.7 Å². The molecule has 3 atom stereocenters. The number of aromatic hydroxyl groups is 1. The number of anilines is 1. The Kier molecular flexibility index (Phi) is 13.0. The summed E-state index contributed by atoms with van der Waals surface area (Å²) in [6.07, 6.45) is -1.08. The van der Waals surface area contributed by atoms with Crippen LogP contribution in [0, 0.1) is 5.82 Å². The summed E-state index contributed by atoms with van der Waals surface area (Å²) in [5.74, 6) is -3.79. The van der Waals surface area contributed by atoms with Gasteiger partial charge < -0.3 is 39.3 Å². The maximum absolute atomic E-state index is 13.9. The topological polar surface area (TPSA) is 197 Å². The maximum atomic E-state index is 13.9. The number of phenols is 1. The minimum atomic E-state index is -5.19. The molecule has 1 aromatic heterocycles. The Bertz CT molecular complexity index is 2030. The average molecular weight is 779 g/mol. The van der Waals surface area contributed by atoms with Gasteiger partial charge in [-0.2, -0.15) is 21.6 Å². The van der Waals surface area contributed by atoms with Crippen molar-refractivity contribution in [3.8, 4) is 11.5 Å². The van der Waals surface area contributed by atoms with Crippen LogP contribution < -0.4 is 20.3 Å². The van der Waals surface area contributed by atoms with Crippen LogP contribution in [0.5, 0.6) is 11.5 Å². The first-order valence-electron chi connectivity index (χ1n) is 16.3. The van der Waals surface area contributed by atoms with Gasteiger partial charge in [0, 0.05) is 24.5 Å². The van der Waals surface area contributed by atoms with Crippen molar-refractivity contribution in [1.82, 2.24) is 14.5 Å². The van der Waals surface area contributed by atoms with Gasteiger partial charge in [-0.15, -0.1) is 0 Å². The molecule has 5 rings (SSSR count). The second kappa shape index (κ2) is 17.1. The molecule has 0 bridgehead atoms. The Morgan fingerprint density at radius 1 is 1.07 bits per heavy atom. The van der Waals surface area contributed by atoms with E-state index in [9.17, 15) is 40.7 Å². The van der Waals surface area contributed by atoms with Crippen LogP contribution in [0.4, 0.5) is 28.0 Å². The number of carbonyl (C=O) groups excluding carboxylic acids is 3. The second-order valence-electron chi connectivity index (χ2n) is 12.9. The van der Waals surface area contributed by atoms with E-state index in [1.807, 2.05) is 7.05 Å². The predicted molar refractivity (Wildman–Crippen MR) is 183 cm³/mol. The molecule has 0 spiro atoms. The number of aromatic nitrogens is 2. The number of phenolic OH excluding ortho intramolecular Hbond substituents is 1. The first-order chi connectivity index (χ1) is 25.2. The number of hydrogen-bond donors (Lipinski definition) is 3. The zero-order chi connectivity index (χ0) is 39.8. The van der Waals surface area contributed by atoms with Crippen LogP contribution in [0.1, 0.15) is 24.0 Å². The number of quaternary nitrogens is 1. The van der Waals surface area contributed by atoms with Crippen molar-refractivity contribution in [2.45, 2.75) is 49.1 Å². The summed E-state index contributed by atoms with van der Waals surface area (Å²) in [5, 5.41) is 20.9. The minimum Gasteiger partial charge on any atom is -0.542 e. The fourth-order valence-electron chi connectivity index (χ4n) is 5.85. The molecule has 3 aromatic carbocycles. The molecule has 1 aliphatic heterocycles. The number of urea groups is 1. The van der Waals surface area contributed by atoms with Crippen LogP contribution in [-0.2, 0) is 39.7 Å². The predicted octanol–water partition coefficient (Wildman–Crippen LogP) is 3.07. The highest BCUT2D eigenvalue weighted by Crippen LogP contribution is 2.27. The SMILES string of the molecule is Cn1cnc(S(=O)(=O)Oc2ccc(NC(=O)N(C(=O)[C@@H](N)Cc3ccc(O)cc3)[C@H]3CCC[N+](C)(Cc4ccc(F)cc4)C3)cc2)c1.O=C([O-])C(F)(F)F. The molecule has 0 radical (unpaired) electrons. The van der Waals surface area contributed by atoms with Gasteiger partial charge >= 0.3 is 22.3 Å². The van der Waals surface area contributed by atoms with Crippen LogP contribution in [0.2, 0.25) is 0 Å². The monoisotopic (exact) mass is 778 g/mol. The average Bonchev–Trinajstić information content (AvgIpc) is 3.55. The number of aryl methyl sites for hydroxylation is 1. The first-order valence-corrected chi connectivity index (χ1v) is 17.7. The molecule has 19 heteroatoms. The van der Waals surface area contributed by atoms with Crippen molar-refractivity contribution in [2.24, 2.45) is 12.8 Å². The number of halogens is 4. The Morgan fingerprint density at radius 3 is 2.22 bits per heavy atom. The number of amides is 3. The van der Waals surface area contributed by atoms with Gasteiger partial charge in [-0.1, -0.05) is 24.3 Å². The molecular weight excluding hydrogens is 740 g/mol. The molecular formula is C35H38F4N6O8S. The van der Waals surface area contributed by atoms with Gasteiger partial charge in [0.15, 0.2) is 0 Å². The number of carboxylic acids is 1. The van der Waals surface area contributed by atoms with Crippen molar-refractivity contribution in [3.63, 3.8) is 0 Å². The lowest BCUT2D eigenvalue weighted by Gasteiger charge is -2.44. The van der Waals surface area contributed by atoms with Crippen molar-refractivity contribution in [2.75, 3.05) is 25.5 Å². The van der Waals surface area contributed by atoms with E-state index < -0.39 is 46.3 Å². The summed E-state index contributed by atoms with van der Waals surface area (Å²) >= 11 is 0. The lowest BCUT2D eigenvalue weighted by atomic mass is 9.98. The van der Waals surface area contributed by atoms with E-state index in [0.29, 0.717) is 29.7 Å². The van der Waals surface area contributed by atoms with E-state index in [2.05, 4.69) is 10.3 Å². The first kappa shape index (κ1) is 41.2. The smallest absolute Gasteiger partial charge is 0.430 e. The summed E-state index contributed by atoms with van der Waals surface area (Å²) in [4.78, 5) is 41.6. The summed E-state index contributed by atoms with van der Waals surface area (Å²) in [6, 6.07) is 16.2. The Balaban J connectivity index is 0.000000845. The fraction of sp³-hybridized carbons (Fsp3) is 0.314. The van der Waals surface area contributed by atoms with E-state index in [1.165, 1.54) is 70.5 Å². The van der Waals surface area contributed by atoms with E-state index in [4.69, 9.17) is 19.8 Å². The normalized spacial score (nSPS) is 17.7. The lowest BCUT2D eigenvalue weighted by molar-refractivity contribution is -0.928. The number of likely N-dealkylation sites (tertiary alicyclic amines) is 1. The molecule has 4 N–H and O–H groups in total. The van der Waals surface area contributed by atoms with E-state index in [-0.39, 0.29) is 28.8 Å². The zero-order valence-corrected chi connectivity index (χ0v) is 29.9. The molecule has 54 heavy (non-hydrogen) atoms. The molecule has 1 fully saturated rings. The van der Waals surface area contributed by atoms with E-state index in [1.54, 1.807) is 31.3 Å². The third kappa shape index (κ3) is 11.5. The number of benzene rings is 3. The number of rotatable bonds is 10. The third-order valence-electron chi connectivity index (χ3n) is 8.38. The number of nitrogens with one attached hydrogen (secondary N) is 1. The molecule has 2 heterocycles. The van der Waals surface area contributed by atoms with Gasteiger partial charge in [-0.3, -0.25) is 9.69 Å². The number of alkyl halides is 3. The van der Waals surface area contributed by atoms with Gasteiger partial charge in [-0.05, 0) is 73.4 Å². The molecule has 290 valence electrons. The van der Waals surface area contributed by atoms with Crippen LogP contribution in [0.3, 0.4) is 0 Å². The highest BCUT2D eigenvalue weighted by molar-refractivity contribution is 7.87. The van der Waals surface area contributed by atoms with Gasteiger partial charge in [0.25, 0.3) is 0 Å². The number of carbonyl (C=O) groups is 3. The summed E-state index contributed by atoms with van der Waals surface area (Å²) < 4.78 is 77.4. The molecule has 0 aliphatic carbocycles. The number of aliphatic carboxylic acids is 1. The molecule has 1 aliphatic rings. The molecule has 0 saturated carbocycles. The molecule has 1 unspecified atom stereocenters. The van der Waals surface area contributed by atoms with Gasteiger partial charge in [0.05, 0.1) is 32.0 Å². The lowest BCUT2D eigenvalue weighted by Crippen LogP contribution is -2.62. The second-order valence-corrected chi connectivity index (χ2v) is 14.4. The summed E-state index contributed by atoms with van der Waals surface area (Å²) in [7, 11) is -0.481. The molecule has 3 amide bonds. The number of imidazole rings is 1. The fourth-order valence-corrected chi connectivity index (χ4v) is 6.77. The molecule has 4 aromatic rings. The van der Waals surface area contributed by atoms with Crippen LogP contribution >= 0.6 is 0 Å². The minimum absolute atomic E-state index is 0.0126. The Morgan fingerprint density at radius 2 is 1.67 bits per heavy atom. The quantitative estimate of drug-likeness (QED) is 0.122. The molecule has 1 saturated heterocycles. The van der Waals surface area contributed by atoms with Gasteiger partial charge in [0.1, 0.15) is 36.4 Å². The molecule has 14 nitrogen and oxygen atoms in total. The number of piperidine rings is 1. The van der Waals surface area contributed by atoms with E-state index >= 15 is 0 Å². The number of carboxylic acid groups (broad SMARTS) is 1. The van der Waals surface area contributed by atoms with Gasteiger partial charge in [-0.25, -0.2) is 14.2 Å². The standard InChI is InChI=1S/C33H37FN6O6S.C2HF3O2/c1-38-19-31(36-22-38)47(44,45)46-29-15-11-26(12-16-29)37-33(43)39(32(42)30(35)18-23-7-13-28(41)14-8-23)27-4-3-17-40(2,21-27)20-24-5-9-25(34)10-6-24;3-2(4,5)1(6)7/h5-16,19,22,27,30H,3-4,17-18,20-21,35H2,1-2H3,(H-,37,41,43);(H,6,7)/t27-,30-,40?;/m0./s1. The van der Waals surface area contributed by atoms with Crippen LogP contribution in [0.15, 0.2) is 90.3 Å². The number of nitrogens with zero attached hydrogens (tertiary/aromatic N) is 4. The Hall–Kier alpha value is -5.53. The zero-order valence-electron chi connectivity index (χ0n) is 29.1. The summed E-state index contributed by atoms with van der Waals surface area (Å²) in [6.45, 7) is 1.85. The van der Waals surface area contributed by atoms with E-state index in [0.717, 1.165) is 24.1 Å². The number of imide groups is 1. The highest BCUT2D eigenvalue weighted by atomic mass is 32.2. The third-order valence-corrected chi connectivity index (χ3v) is 9.51. The largest absolute Gasteiger partial charge is 0.542 e. The van der Waals surface area contributed by atoms with Crippen molar-refractivity contribution < 1.29 is 59.2 Å². The summed E-state index contributed by atoms with van der Waals surface area (Å²) in [5.41, 5.74) is 8.37. The highest BCUT2D eigenvalue weighted by Gasteiger charge is 2.41. The number of likely N-dealkylation sites (N-methyl/N-ethyl adjacent to an activating group) is 1. The van der Waals surface area contributed by atoms with Crippen molar-refractivity contribution in [3.05, 3.63) is 102 Å². The Labute approximate surface area is 308 Å². The number of hydrogen-bond acceptors (Lipinski definition) is 10. The number of nitrogens with two attached hydrogens (primary N) is 1. The van der Waals surface area contributed by atoms with Crippen LogP contribution in [0.25, 0.3) is 0 Å². The maximum Gasteiger partial charge on any atom is 0.430 e. The van der Waals surface area contributed by atoms with Crippen LogP contribution in [-0.4, -0.2) is 88.8 Å².